The first kappa shape index (κ1) is 16.1. The lowest BCUT2D eigenvalue weighted by Gasteiger charge is -2.24. The van der Waals surface area contributed by atoms with E-state index in [2.05, 4.69) is 5.32 Å². The molecular weight excluding hydrogens is 310 g/mol. The number of hydrogen-bond donors (Lipinski definition) is 2. The monoisotopic (exact) mass is 329 g/mol. The molecule has 1 unspecified atom stereocenters. The predicted molar refractivity (Wildman–Crippen MR) is 87.5 cm³/mol. The highest BCUT2D eigenvalue weighted by Crippen LogP contribution is 2.35. The van der Waals surface area contributed by atoms with Gasteiger partial charge in [-0.25, -0.2) is 0 Å². The van der Waals surface area contributed by atoms with Gasteiger partial charge in [0.2, 0.25) is 6.79 Å². The number of carbonyl (C=O) groups excluding carboxylic acids is 1. The molecule has 0 saturated carbocycles. The number of fused-ring (bicyclic) bond motifs is 1. The van der Waals surface area contributed by atoms with E-state index in [-0.39, 0.29) is 19.2 Å². The third-order valence-electron chi connectivity index (χ3n) is 3.94. The summed E-state index contributed by atoms with van der Waals surface area (Å²) in [5.74, 6) is 1.66. The van der Waals surface area contributed by atoms with Crippen LogP contribution in [0.2, 0.25) is 0 Å². The third-order valence-corrected chi connectivity index (χ3v) is 3.94. The van der Waals surface area contributed by atoms with E-state index in [0.717, 1.165) is 0 Å². The quantitative estimate of drug-likeness (QED) is 0.878. The molecule has 6 heteroatoms. The maximum atomic E-state index is 12.2. The van der Waals surface area contributed by atoms with Crippen molar-refractivity contribution in [2.45, 2.75) is 12.5 Å². The lowest BCUT2D eigenvalue weighted by Crippen LogP contribution is -2.38. The van der Waals surface area contributed by atoms with Gasteiger partial charge in [-0.1, -0.05) is 6.07 Å². The predicted octanol–water partition coefficient (Wildman–Crippen LogP) is 2.06. The summed E-state index contributed by atoms with van der Waals surface area (Å²) in [5, 5.41) is 13.4. The second-order valence-corrected chi connectivity index (χ2v) is 5.75. The molecule has 0 aliphatic carbocycles. The molecular formula is C18H19NO5. The first-order chi connectivity index (χ1) is 11.5. The van der Waals surface area contributed by atoms with Crippen LogP contribution in [-0.4, -0.2) is 31.5 Å². The molecule has 0 spiro atoms. The van der Waals surface area contributed by atoms with E-state index >= 15 is 0 Å². The molecule has 2 aromatic rings. The molecule has 24 heavy (non-hydrogen) atoms. The fourth-order valence-electron chi connectivity index (χ4n) is 2.43. The van der Waals surface area contributed by atoms with Crippen molar-refractivity contribution in [3.63, 3.8) is 0 Å². The van der Waals surface area contributed by atoms with Crippen LogP contribution in [0, 0.1) is 0 Å². The summed E-state index contributed by atoms with van der Waals surface area (Å²) in [4.78, 5) is 12.2. The zero-order chi connectivity index (χ0) is 17.2. The van der Waals surface area contributed by atoms with Gasteiger partial charge in [0.15, 0.2) is 11.5 Å². The van der Waals surface area contributed by atoms with Crippen LogP contribution in [0.15, 0.2) is 42.5 Å². The van der Waals surface area contributed by atoms with Crippen LogP contribution in [0.4, 0.5) is 0 Å². The number of nitrogens with one attached hydrogen (secondary N) is 1. The molecule has 0 fully saturated rings. The standard InChI is InChI=1S/C18H19NO5/c1-18(21,13-5-8-15-16(9-13)24-11-23-15)10-19-17(20)12-3-6-14(22-2)7-4-12/h3-9,21H,10-11H2,1-2H3,(H,19,20). The van der Waals surface area contributed by atoms with Crippen molar-refractivity contribution in [2.75, 3.05) is 20.4 Å². The van der Waals surface area contributed by atoms with Crippen molar-refractivity contribution in [3.05, 3.63) is 53.6 Å². The Morgan fingerprint density at radius 1 is 1.21 bits per heavy atom. The van der Waals surface area contributed by atoms with E-state index in [4.69, 9.17) is 14.2 Å². The van der Waals surface area contributed by atoms with Crippen molar-refractivity contribution >= 4 is 5.91 Å². The molecule has 1 amide bonds. The molecule has 126 valence electrons. The van der Waals surface area contributed by atoms with Crippen LogP contribution in [0.1, 0.15) is 22.8 Å². The number of aliphatic hydroxyl groups is 1. The van der Waals surface area contributed by atoms with Gasteiger partial charge < -0.3 is 24.6 Å². The van der Waals surface area contributed by atoms with Crippen LogP contribution >= 0.6 is 0 Å². The van der Waals surface area contributed by atoms with Crippen LogP contribution in [0.3, 0.4) is 0 Å². The number of carbonyl (C=O) groups is 1. The zero-order valence-electron chi connectivity index (χ0n) is 13.5. The van der Waals surface area contributed by atoms with Gasteiger partial charge in [0.05, 0.1) is 13.7 Å². The van der Waals surface area contributed by atoms with Crippen LogP contribution in [0.5, 0.6) is 17.2 Å². The van der Waals surface area contributed by atoms with Gasteiger partial charge in [-0.3, -0.25) is 4.79 Å². The van der Waals surface area contributed by atoms with Crippen molar-refractivity contribution in [3.8, 4) is 17.2 Å². The van der Waals surface area contributed by atoms with E-state index in [9.17, 15) is 9.90 Å². The highest BCUT2D eigenvalue weighted by atomic mass is 16.7. The Hall–Kier alpha value is -2.73. The van der Waals surface area contributed by atoms with Crippen LogP contribution in [-0.2, 0) is 5.60 Å². The highest BCUT2D eigenvalue weighted by Gasteiger charge is 2.26. The number of ether oxygens (including phenoxy) is 3. The van der Waals surface area contributed by atoms with Gasteiger partial charge in [-0.15, -0.1) is 0 Å². The Morgan fingerprint density at radius 3 is 2.62 bits per heavy atom. The van der Waals surface area contributed by atoms with E-state index in [1.165, 1.54) is 0 Å². The SMILES string of the molecule is COc1ccc(C(=O)NCC(C)(O)c2ccc3c(c2)OCO3)cc1. The summed E-state index contributed by atoms with van der Waals surface area (Å²) < 4.78 is 15.6. The molecule has 2 aromatic carbocycles. The van der Waals surface area contributed by atoms with E-state index < -0.39 is 5.60 Å². The second kappa shape index (κ2) is 6.41. The second-order valence-electron chi connectivity index (χ2n) is 5.75. The number of rotatable bonds is 5. The summed E-state index contributed by atoms with van der Waals surface area (Å²) in [5.41, 5.74) is -0.0950. The van der Waals surface area contributed by atoms with Gasteiger partial charge in [-0.05, 0) is 48.9 Å². The van der Waals surface area contributed by atoms with E-state index in [0.29, 0.717) is 28.4 Å². The highest BCUT2D eigenvalue weighted by molar-refractivity contribution is 5.94. The average Bonchev–Trinajstić information content (AvgIpc) is 3.07. The van der Waals surface area contributed by atoms with Crippen molar-refractivity contribution in [1.29, 1.82) is 0 Å². The molecule has 1 heterocycles. The summed E-state index contributed by atoms with van der Waals surface area (Å²) >= 11 is 0. The molecule has 0 aromatic heterocycles. The third kappa shape index (κ3) is 3.28. The van der Waals surface area contributed by atoms with Crippen molar-refractivity contribution in [2.24, 2.45) is 0 Å². The number of hydrogen-bond acceptors (Lipinski definition) is 5. The number of amides is 1. The lowest BCUT2D eigenvalue weighted by atomic mass is 9.95. The molecule has 0 radical (unpaired) electrons. The largest absolute Gasteiger partial charge is 0.497 e. The molecule has 6 nitrogen and oxygen atoms in total. The maximum Gasteiger partial charge on any atom is 0.251 e. The smallest absolute Gasteiger partial charge is 0.251 e. The molecule has 1 aliphatic rings. The molecule has 1 atom stereocenters. The van der Waals surface area contributed by atoms with E-state index in [1.54, 1.807) is 56.5 Å². The van der Waals surface area contributed by atoms with Crippen LogP contribution in [0.25, 0.3) is 0 Å². The minimum absolute atomic E-state index is 0.0670. The van der Waals surface area contributed by atoms with Crippen molar-refractivity contribution in [1.82, 2.24) is 5.32 Å². The Kier molecular flexibility index (Phi) is 4.31. The summed E-state index contributed by atoms with van der Waals surface area (Å²) in [6, 6.07) is 12.0. The lowest BCUT2D eigenvalue weighted by molar-refractivity contribution is 0.0525. The van der Waals surface area contributed by atoms with Gasteiger partial charge >= 0.3 is 0 Å². The first-order valence-corrected chi connectivity index (χ1v) is 7.54. The Bertz CT molecular complexity index is 740. The van der Waals surface area contributed by atoms with Gasteiger partial charge in [0.25, 0.3) is 5.91 Å². The summed E-state index contributed by atoms with van der Waals surface area (Å²) in [6.45, 7) is 1.88. The summed E-state index contributed by atoms with van der Waals surface area (Å²) in [6.07, 6.45) is 0. The van der Waals surface area contributed by atoms with E-state index in [1.807, 2.05) is 0 Å². The fourth-order valence-corrected chi connectivity index (χ4v) is 2.43. The zero-order valence-corrected chi connectivity index (χ0v) is 13.5. The topological polar surface area (TPSA) is 77.0 Å². The average molecular weight is 329 g/mol. The molecule has 3 rings (SSSR count). The minimum Gasteiger partial charge on any atom is -0.497 e. The van der Waals surface area contributed by atoms with Crippen molar-refractivity contribution < 1.29 is 24.1 Å². The fraction of sp³-hybridized carbons (Fsp3) is 0.278. The first-order valence-electron chi connectivity index (χ1n) is 7.54. The number of benzene rings is 2. The molecule has 0 bridgehead atoms. The Labute approximate surface area is 140 Å². The van der Waals surface area contributed by atoms with Gasteiger partial charge in [0.1, 0.15) is 11.4 Å². The van der Waals surface area contributed by atoms with Crippen LogP contribution < -0.4 is 19.5 Å². The Balaban J connectivity index is 1.66. The molecule has 1 aliphatic heterocycles. The molecule has 2 N–H and O–H groups in total. The normalized spacial score (nSPS) is 14.8. The molecule has 0 saturated heterocycles. The Morgan fingerprint density at radius 2 is 1.92 bits per heavy atom. The van der Waals surface area contributed by atoms with Gasteiger partial charge in [0, 0.05) is 5.56 Å². The maximum absolute atomic E-state index is 12.2. The number of methoxy groups -OCH3 is 1. The van der Waals surface area contributed by atoms with Gasteiger partial charge in [-0.2, -0.15) is 0 Å². The minimum atomic E-state index is -1.23. The summed E-state index contributed by atoms with van der Waals surface area (Å²) in [7, 11) is 1.57.